The zero-order valence-corrected chi connectivity index (χ0v) is 24.1. The van der Waals surface area contributed by atoms with Gasteiger partial charge in [0.15, 0.2) is 0 Å². The van der Waals surface area contributed by atoms with Crippen molar-refractivity contribution < 1.29 is 62.9 Å². The molecule has 19 nitrogen and oxygen atoms in total. The number of carbonyl (C=O) groups excluding carboxylic acids is 8. The molecular formula is C25H35N6O13. The van der Waals surface area contributed by atoms with Crippen LogP contribution in [0.4, 0.5) is 0 Å². The van der Waals surface area contributed by atoms with E-state index < -0.39 is 109 Å². The van der Waals surface area contributed by atoms with Gasteiger partial charge >= 0.3 is 11.9 Å². The molecule has 0 aromatic rings. The molecule has 4 unspecified atom stereocenters. The van der Waals surface area contributed by atoms with Crippen molar-refractivity contribution >= 4 is 58.9 Å². The molecule has 0 fully saturated rings. The Morgan fingerprint density at radius 1 is 0.682 bits per heavy atom. The summed E-state index contributed by atoms with van der Waals surface area (Å²) in [7, 11) is 1.37. The zero-order valence-electron chi connectivity index (χ0n) is 24.1. The van der Waals surface area contributed by atoms with E-state index in [1.165, 1.54) is 7.11 Å². The monoisotopic (exact) mass is 627 g/mol. The maximum absolute atomic E-state index is 13.1. The van der Waals surface area contributed by atoms with E-state index >= 15 is 0 Å². The maximum atomic E-state index is 13.1. The van der Waals surface area contributed by atoms with Gasteiger partial charge in [-0.25, -0.2) is 4.79 Å². The highest BCUT2D eigenvalue weighted by Crippen LogP contribution is 2.04. The van der Waals surface area contributed by atoms with Crippen LogP contribution in [0.1, 0.15) is 39.5 Å². The topological polar surface area (TPSA) is 304 Å². The number of aliphatic carboxylic acids is 2. The Labute approximate surface area is 250 Å². The Morgan fingerprint density at radius 3 is 1.52 bits per heavy atom. The second kappa shape index (κ2) is 19.8. The molecular weight excluding hydrogens is 592 g/mol. The Morgan fingerprint density at radius 2 is 1.14 bits per heavy atom. The molecule has 243 valence electrons. The van der Waals surface area contributed by atoms with Gasteiger partial charge in [-0.15, -0.1) is 0 Å². The van der Waals surface area contributed by atoms with Gasteiger partial charge < -0.3 is 41.5 Å². The molecule has 4 atom stereocenters. The molecule has 0 aliphatic carbocycles. The van der Waals surface area contributed by atoms with Gasteiger partial charge in [0.05, 0.1) is 19.4 Å². The van der Waals surface area contributed by atoms with Crippen molar-refractivity contribution in [2.75, 3.05) is 20.3 Å². The van der Waals surface area contributed by atoms with Gasteiger partial charge in [0, 0.05) is 38.6 Å². The van der Waals surface area contributed by atoms with Crippen LogP contribution in [0, 0.1) is 0 Å². The summed E-state index contributed by atoms with van der Waals surface area (Å²) in [5.41, 5.74) is 7.15. The number of hydrogen-bond acceptors (Lipinski definition) is 11. The van der Waals surface area contributed by atoms with Gasteiger partial charge in [0.2, 0.25) is 29.5 Å². The van der Waals surface area contributed by atoms with Crippen LogP contribution in [0.5, 0.6) is 0 Å². The number of amides is 6. The summed E-state index contributed by atoms with van der Waals surface area (Å²) in [6, 6.07) is -6.97. The van der Waals surface area contributed by atoms with Crippen LogP contribution in [0.15, 0.2) is 12.2 Å². The standard InChI is InChI=1S/C25H35N6O13/c1-12(32)8-15(23(41)29-14(22(26)40)11-21(38)39)30-24(42)16(9-13(2)33)31-25(43)17(10-19(35)27-6-7-44-3)28-18(34)4-5-20(36)37/h4-5,14-17,26H,6-11H2,1-3H3,(H,27,35)(H,28,34)(H,29,41)(H,30,42)(H,31,43)(H,36,37)(H,38,39)/b5-4-. The van der Waals surface area contributed by atoms with Crippen molar-refractivity contribution in [3.05, 3.63) is 12.2 Å². The second-order valence-electron chi connectivity index (χ2n) is 9.24. The third kappa shape index (κ3) is 16.9. The average Bonchev–Trinajstić information content (AvgIpc) is 2.89. The molecule has 6 amide bonds. The van der Waals surface area contributed by atoms with E-state index in [1.54, 1.807) is 0 Å². The minimum Gasteiger partial charge on any atom is -0.481 e. The van der Waals surface area contributed by atoms with Crippen molar-refractivity contribution in [3.8, 4) is 0 Å². The fourth-order valence-electron chi connectivity index (χ4n) is 3.32. The van der Waals surface area contributed by atoms with Gasteiger partial charge in [0.25, 0.3) is 5.91 Å². The van der Waals surface area contributed by atoms with Crippen LogP contribution in [0.25, 0.3) is 0 Å². The van der Waals surface area contributed by atoms with E-state index in [1.807, 2.05) is 5.32 Å². The van der Waals surface area contributed by atoms with E-state index in [-0.39, 0.29) is 13.2 Å². The lowest BCUT2D eigenvalue weighted by Crippen LogP contribution is -2.58. The van der Waals surface area contributed by atoms with Gasteiger partial charge in [-0.2, -0.15) is 0 Å². The number of carboxylic acids is 2. The number of ether oxygens (including phenoxy) is 1. The molecule has 1 radical (unpaired) electrons. The number of carbonyl (C=O) groups is 10. The highest BCUT2D eigenvalue weighted by atomic mass is 16.5. The van der Waals surface area contributed by atoms with Crippen LogP contribution < -0.4 is 32.3 Å². The number of methoxy groups -OCH3 is 1. The van der Waals surface area contributed by atoms with Crippen molar-refractivity contribution in [2.24, 2.45) is 0 Å². The van der Waals surface area contributed by atoms with Gasteiger partial charge in [-0.3, -0.25) is 48.9 Å². The zero-order chi connectivity index (χ0) is 34.0. The smallest absolute Gasteiger partial charge is 0.328 e. The molecule has 0 spiro atoms. The van der Waals surface area contributed by atoms with E-state index in [4.69, 9.17) is 20.7 Å². The van der Waals surface area contributed by atoms with Crippen LogP contribution in [-0.2, 0) is 52.7 Å². The number of Topliss-reactive ketones (excluding diaryl/α,β-unsaturated/α-hetero) is 2. The van der Waals surface area contributed by atoms with Gasteiger partial charge in [-0.05, 0) is 13.8 Å². The van der Waals surface area contributed by atoms with Crippen LogP contribution in [0.3, 0.4) is 0 Å². The van der Waals surface area contributed by atoms with Crippen LogP contribution in [0.2, 0.25) is 0 Å². The molecule has 0 aromatic carbocycles. The van der Waals surface area contributed by atoms with E-state index in [9.17, 15) is 47.9 Å². The van der Waals surface area contributed by atoms with Crippen LogP contribution >= 0.6 is 0 Å². The first-order chi connectivity index (χ1) is 20.5. The Bertz CT molecular complexity index is 1170. The molecule has 44 heavy (non-hydrogen) atoms. The Balaban J connectivity index is 6.05. The summed E-state index contributed by atoms with van der Waals surface area (Å²) in [5.74, 6) is -11.2. The molecule has 0 aliphatic rings. The number of carboxylic acid groups (broad SMARTS) is 2. The van der Waals surface area contributed by atoms with Crippen molar-refractivity contribution in [1.29, 1.82) is 0 Å². The highest BCUT2D eigenvalue weighted by Gasteiger charge is 2.33. The molecule has 0 aliphatic heterocycles. The quantitative estimate of drug-likeness (QED) is 0.0471. The molecule has 0 heterocycles. The Hall–Kier alpha value is -5.20. The predicted molar refractivity (Wildman–Crippen MR) is 145 cm³/mol. The highest BCUT2D eigenvalue weighted by molar-refractivity contribution is 6.01. The molecule has 0 rings (SSSR count). The van der Waals surface area contributed by atoms with Gasteiger partial charge in [0.1, 0.15) is 35.7 Å². The summed E-state index contributed by atoms with van der Waals surface area (Å²) in [6.07, 6.45) is -1.97. The Kier molecular flexibility index (Phi) is 17.5. The molecule has 0 bridgehead atoms. The predicted octanol–water partition coefficient (Wildman–Crippen LogP) is -4.04. The fraction of sp³-hybridized carbons (Fsp3) is 0.520. The lowest BCUT2D eigenvalue weighted by Gasteiger charge is -2.25. The number of nitrogens with one attached hydrogen (secondary N) is 6. The third-order valence-corrected chi connectivity index (χ3v) is 5.29. The first-order valence-electron chi connectivity index (χ1n) is 12.8. The molecule has 19 heteroatoms. The minimum atomic E-state index is -1.81. The summed E-state index contributed by atoms with van der Waals surface area (Å²) in [4.78, 5) is 120. The number of hydrogen-bond donors (Lipinski definition) is 7. The summed E-state index contributed by atoms with van der Waals surface area (Å²) in [6.45, 7) is 2.25. The lowest BCUT2D eigenvalue weighted by molar-refractivity contribution is -0.141. The van der Waals surface area contributed by atoms with E-state index in [2.05, 4.69) is 21.3 Å². The maximum Gasteiger partial charge on any atom is 0.328 e. The van der Waals surface area contributed by atoms with Crippen LogP contribution in [-0.4, -0.2) is 114 Å². The lowest BCUT2D eigenvalue weighted by atomic mass is 10.1. The number of ketones is 2. The largest absolute Gasteiger partial charge is 0.481 e. The van der Waals surface area contributed by atoms with Crippen molar-refractivity contribution in [3.63, 3.8) is 0 Å². The third-order valence-electron chi connectivity index (χ3n) is 5.29. The summed E-state index contributed by atoms with van der Waals surface area (Å²) < 4.78 is 4.80. The number of rotatable bonds is 21. The first-order valence-corrected chi connectivity index (χ1v) is 12.8. The summed E-state index contributed by atoms with van der Waals surface area (Å²) >= 11 is 0. The van der Waals surface area contributed by atoms with Crippen molar-refractivity contribution in [2.45, 2.75) is 63.7 Å². The molecule has 8 N–H and O–H groups in total. The second-order valence-corrected chi connectivity index (χ2v) is 9.24. The average molecular weight is 628 g/mol. The SMILES string of the molecule is COCCNC(=O)CC(NC(=O)/C=C\C(=O)O)C(=O)NC(CC(C)=O)C(=O)NC(CC(C)=O)C(=O)NC(CC(=O)O)C([NH])=O. The molecule has 0 saturated carbocycles. The van der Waals surface area contributed by atoms with E-state index in [0.29, 0.717) is 12.2 Å². The first kappa shape index (κ1) is 38.8. The molecule has 0 aromatic heterocycles. The fourth-order valence-corrected chi connectivity index (χ4v) is 3.32. The minimum absolute atomic E-state index is 0.0324. The van der Waals surface area contributed by atoms with Crippen molar-refractivity contribution in [1.82, 2.24) is 32.3 Å². The molecule has 0 saturated heterocycles. The van der Waals surface area contributed by atoms with E-state index in [0.717, 1.165) is 13.8 Å². The summed E-state index contributed by atoms with van der Waals surface area (Å²) in [5, 5.41) is 28.4. The van der Waals surface area contributed by atoms with Gasteiger partial charge in [-0.1, -0.05) is 0 Å². The normalized spacial score (nSPS) is 13.3.